The number of benzene rings is 1. The summed E-state index contributed by atoms with van der Waals surface area (Å²) in [5, 5.41) is 9.27. The van der Waals surface area contributed by atoms with Gasteiger partial charge in [0.1, 0.15) is 18.5 Å². The van der Waals surface area contributed by atoms with Crippen molar-refractivity contribution in [1.29, 1.82) is 0 Å². The summed E-state index contributed by atoms with van der Waals surface area (Å²) in [6.45, 7) is -0.241. The Morgan fingerprint density at radius 2 is 1.88 bits per heavy atom. The van der Waals surface area contributed by atoms with Gasteiger partial charge in [-0.15, -0.1) is 0 Å². The van der Waals surface area contributed by atoms with E-state index in [1.807, 2.05) is 0 Å². The van der Waals surface area contributed by atoms with Gasteiger partial charge in [-0.3, -0.25) is 0 Å². The standard InChI is InChI=1S/C11H13F3O3/c1-16-6-8(15)7-17-10-5-3-2-4-9(10)11(12,13)14/h2-5,8,15H,6-7H2,1H3. The Morgan fingerprint density at radius 1 is 1.24 bits per heavy atom. The predicted octanol–water partition coefficient (Wildman–Crippen LogP) is 2.09. The van der Waals surface area contributed by atoms with Crippen molar-refractivity contribution in [3.8, 4) is 5.75 Å². The van der Waals surface area contributed by atoms with Crippen LogP contribution in [0.15, 0.2) is 24.3 Å². The number of hydrogen-bond donors (Lipinski definition) is 1. The zero-order chi connectivity index (χ0) is 12.9. The van der Waals surface area contributed by atoms with E-state index in [2.05, 4.69) is 4.74 Å². The van der Waals surface area contributed by atoms with Gasteiger partial charge >= 0.3 is 6.18 Å². The molecule has 0 spiro atoms. The zero-order valence-electron chi connectivity index (χ0n) is 9.20. The minimum absolute atomic E-state index is 0.00812. The molecular formula is C11H13F3O3. The van der Waals surface area contributed by atoms with Gasteiger partial charge in [-0.2, -0.15) is 13.2 Å². The first-order valence-electron chi connectivity index (χ1n) is 4.91. The van der Waals surface area contributed by atoms with Crippen LogP contribution in [-0.4, -0.2) is 31.5 Å². The second kappa shape index (κ2) is 5.88. The molecule has 0 fully saturated rings. The van der Waals surface area contributed by atoms with Crippen LogP contribution in [0.4, 0.5) is 13.2 Å². The first-order valence-corrected chi connectivity index (χ1v) is 4.91. The van der Waals surface area contributed by atoms with Gasteiger partial charge in [-0.25, -0.2) is 0 Å². The van der Waals surface area contributed by atoms with Crippen LogP contribution in [0, 0.1) is 0 Å². The Morgan fingerprint density at radius 3 is 2.47 bits per heavy atom. The summed E-state index contributed by atoms with van der Waals surface area (Å²) in [6.07, 6.45) is -5.43. The summed E-state index contributed by atoms with van der Waals surface area (Å²) in [5.41, 5.74) is -0.857. The molecule has 0 bridgehead atoms. The second-order valence-corrected chi connectivity index (χ2v) is 3.41. The first-order chi connectivity index (χ1) is 7.95. The van der Waals surface area contributed by atoms with E-state index in [4.69, 9.17) is 4.74 Å². The largest absolute Gasteiger partial charge is 0.490 e. The van der Waals surface area contributed by atoms with Crippen molar-refractivity contribution in [3.05, 3.63) is 29.8 Å². The van der Waals surface area contributed by atoms with Crippen LogP contribution in [0.2, 0.25) is 0 Å². The fraction of sp³-hybridized carbons (Fsp3) is 0.455. The SMILES string of the molecule is COCC(O)COc1ccccc1C(F)(F)F. The molecule has 0 aromatic heterocycles. The quantitative estimate of drug-likeness (QED) is 0.869. The third kappa shape index (κ3) is 4.24. The topological polar surface area (TPSA) is 38.7 Å². The number of alkyl halides is 3. The second-order valence-electron chi connectivity index (χ2n) is 3.41. The van der Waals surface area contributed by atoms with Gasteiger partial charge in [-0.05, 0) is 12.1 Å². The van der Waals surface area contributed by atoms with Gasteiger partial charge in [0.2, 0.25) is 0 Å². The minimum Gasteiger partial charge on any atom is -0.490 e. The normalized spacial score (nSPS) is 13.5. The van der Waals surface area contributed by atoms with Crippen molar-refractivity contribution >= 4 is 0 Å². The molecule has 0 aliphatic carbocycles. The maximum Gasteiger partial charge on any atom is 0.419 e. The van der Waals surface area contributed by atoms with Crippen molar-refractivity contribution in [3.63, 3.8) is 0 Å². The molecule has 0 aliphatic heterocycles. The van der Waals surface area contributed by atoms with Crippen molar-refractivity contribution in [1.82, 2.24) is 0 Å². The summed E-state index contributed by atoms with van der Waals surface area (Å²) in [5.74, 6) is -0.296. The lowest BCUT2D eigenvalue weighted by molar-refractivity contribution is -0.139. The molecular weight excluding hydrogens is 237 g/mol. The van der Waals surface area contributed by atoms with E-state index in [0.29, 0.717) is 0 Å². The van der Waals surface area contributed by atoms with Gasteiger partial charge < -0.3 is 14.6 Å². The number of aliphatic hydroxyl groups excluding tert-OH is 1. The van der Waals surface area contributed by atoms with E-state index < -0.39 is 17.8 Å². The Bertz CT molecular complexity index is 352. The van der Waals surface area contributed by atoms with Gasteiger partial charge in [0, 0.05) is 7.11 Å². The maximum absolute atomic E-state index is 12.6. The number of hydrogen-bond acceptors (Lipinski definition) is 3. The summed E-state index contributed by atoms with van der Waals surface area (Å²) in [6, 6.07) is 4.86. The van der Waals surface area contributed by atoms with Crippen LogP contribution in [-0.2, 0) is 10.9 Å². The van der Waals surface area contributed by atoms with Crippen molar-refractivity contribution in [2.75, 3.05) is 20.3 Å². The highest BCUT2D eigenvalue weighted by Gasteiger charge is 2.34. The fourth-order valence-electron chi connectivity index (χ4n) is 1.25. The van der Waals surface area contributed by atoms with Gasteiger partial charge in [-0.1, -0.05) is 12.1 Å². The van der Waals surface area contributed by atoms with Crippen molar-refractivity contribution < 1.29 is 27.8 Å². The molecule has 0 saturated carbocycles. The highest BCUT2D eigenvalue weighted by molar-refractivity contribution is 5.35. The summed E-state index contributed by atoms with van der Waals surface area (Å²) >= 11 is 0. The van der Waals surface area contributed by atoms with Gasteiger partial charge in [0.25, 0.3) is 0 Å². The van der Waals surface area contributed by atoms with E-state index in [1.165, 1.54) is 25.3 Å². The van der Waals surface area contributed by atoms with Gasteiger partial charge in [0.05, 0.1) is 12.2 Å². The molecule has 3 nitrogen and oxygen atoms in total. The molecule has 17 heavy (non-hydrogen) atoms. The monoisotopic (exact) mass is 250 g/mol. The smallest absolute Gasteiger partial charge is 0.419 e. The minimum atomic E-state index is -4.47. The van der Waals surface area contributed by atoms with Crippen LogP contribution < -0.4 is 4.74 Å². The number of ether oxygens (including phenoxy) is 2. The summed E-state index contributed by atoms with van der Waals surface area (Å²) in [7, 11) is 1.38. The average molecular weight is 250 g/mol. The lowest BCUT2D eigenvalue weighted by Gasteiger charge is -2.15. The summed E-state index contributed by atoms with van der Waals surface area (Å²) in [4.78, 5) is 0. The number of para-hydroxylation sites is 1. The van der Waals surface area contributed by atoms with Crippen molar-refractivity contribution in [2.24, 2.45) is 0 Å². The molecule has 6 heteroatoms. The van der Waals surface area contributed by atoms with E-state index >= 15 is 0 Å². The molecule has 1 unspecified atom stereocenters. The molecule has 0 saturated heterocycles. The molecule has 0 amide bonds. The molecule has 1 atom stereocenters. The van der Waals surface area contributed by atoms with E-state index in [1.54, 1.807) is 0 Å². The first kappa shape index (κ1) is 13.8. The highest BCUT2D eigenvalue weighted by atomic mass is 19.4. The molecule has 0 heterocycles. The lowest BCUT2D eigenvalue weighted by atomic mass is 10.2. The number of methoxy groups -OCH3 is 1. The predicted molar refractivity (Wildman–Crippen MR) is 54.8 cm³/mol. The van der Waals surface area contributed by atoms with E-state index in [0.717, 1.165) is 6.07 Å². The van der Waals surface area contributed by atoms with E-state index in [9.17, 15) is 18.3 Å². The number of aliphatic hydroxyl groups is 1. The van der Waals surface area contributed by atoms with Crippen molar-refractivity contribution in [2.45, 2.75) is 12.3 Å². The fourth-order valence-corrected chi connectivity index (χ4v) is 1.25. The maximum atomic E-state index is 12.6. The Labute approximate surface area is 96.8 Å². The Kier molecular flexibility index (Phi) is 4.77. The number of rotatable bonds is 5. The van der Waals surface area contributed by atoms with Crippen LogP contribution in [0.5, 0.6) is 5.75 Å². The molecule has 96 valence electrons. The summed E-state index contributed by atoms with van der Waals surface area (Å²) < 4.78 is 47.2. The highest BCUT2D eigenvalue weighted by Crippen LogP contribution is 2.35. The molecule has 0 aliphatic rings. The molecule has 1 rings (SSSR count). The van der Waals surface area contributed by atoms with Crippen LogP contribution >= 0.6 is 0 Å². The number of halogens is 3. The average Bonchev–Trinajstić information content (AvgIpc) is 2.26. The Balaban J connectivity index is 2.71. The van der Waals surface area contributed by atoms with E-state index in [-0.39, 0.29) is 19.0 Å². The van der Waals surface area contributed by atoms with Gasteiger partial charge in [0.15, 0.2) is 0 Å². The van der Waals surface area contributed by atoms with Crippen LogP contribution in [0.3, 0.4) is 0 Å². The lowest BCUT2D eigenvalue weighted by Crippen LogP contribution is -2.23. The zero-order valence-corrected chi connectivity index (χ0v) is 9.20. The Hall–Kier alpha value is -1.27. The molecule has 0 radical (unpaired) electrons. The molecule has 1 aromatic rings. The molecule has 1 N–H and O–H groups in total. The van der Waals surface area contributed by atoms with Crippen LogP contribution in [0.25, 0.3) is 0 Å². The van der Waals surface area contributed by atoms with Crippen LogP contribution in [0.1, 0.15) is 5.56 Å². The molecule has 1 aromatic carbocycles. The third-order valence-corrected chi connectivity index (χ3v) is 1.98. The third-order valence-electron chi connectivity index (χ3n) is 1.98.